The van der Waals surface area contributed by atoms with Crippen molar-refractivity contribution in [2.24, 2.45) is 0 Å². The zero-order valence-corrected chi connectivity index (χ0v) is 10.2. The molecule has 1 amide bonds. The Morgan fingerprint density at radius 1 is 1.31 bits per heavy atom. The summed E-state index contributed by atoms with van der Waals surface area (Å²) in [5.74, 6) is 0.485. The van der Waals surface area contributed by atoms with Crippen LogP contribution in [0.2, 0.25) is 0 Å². The first-order valence-corrected chi connectivity index (χ1v) is 5.74. The van der Waals surface area contributed by atoms with Crippen LogP contribution < -0.4 is 10.6 Å². The molecule has 16 heavy (non-hydrogen) atoms. The summed E-state index contributed by atoms with van der Waals surface area (Å²) in [7, 11) is 0. The smallest absolute Gasteiger partial charge is 0.239 e. The second-order valence-corrected chi connectivity index (χ2v) is 4.05. The monoisotopic (exact) mass is 220 g/mol. The Labute approximate surface area is 97.2 Å². The molecule has 0 bridgehead atoms. The van der Waals surface area contributed by atoms with Crippen LogP contribution >= 0.6 is 0 Å². The maximum absolute atomic E-state index is 11.3. The van der Waals surface area contributed by atoms with Crippen molar-refractivity contribution in [2.45, 2.75) is 26.7 Å². The number of carbonyl (C=O) groups excluding carboxylic acids is 1. The summed E-state index contributed by atoms with van der Waals surface area (Å²) in [4.78, 5) is 11.3. The minimum absolute atomic E-state index is 0.0288. The van der Waals surface area contributed by atoms with Crippen molar-refractivity contribution in [1.82, 2.24) is 5.32 Å². The molecule has 88 valence electrons. The molecule has 2 N–H and O–H groups in total. The van der Waals surface area contributed by atoms with Gasteiger partial charge in [0.2, 0.25) is 5.91 Å². The van der Waals surface area contributed by atoms with Gasteiger partial charge in [-0.2, -0.15) is 0 Å². The number of amides is 1. The summed E-state index contributed by atoms with van der Waals surface area (Å²) in [5, 5.41) is 5.93. The molecular formula is C13H20N2O. The van der Waals surface area contributed by atoms with E-state index in [2.05, 4.69) is 30.5 Å². The lowest BCUT2D eigenvalue weighted by molar-refractivity contribution is -0.119. The van der Waals surface area contributed by atoms with Crippen molar-refractivity contribution in [2.75, 3.05) is 18.4 Å². The predicted molar refractivity (Wildman–Crippen MR) is 67.7 cm³/mol. The molecule has 0 fully saturated rings. The normalized spacial score (nSPS) is 10.2. The van der Waals surface area contributed by atoms with Crippen LogP contribution in [0.3, 0.4) is 0 Å². The first kappa shape index (κ1) is 12.6. The predicted octanol–water partition coefficient (Wildman–Crippen LogP) is 2.36. The van der Waals surface area contributed by atoms with Crippen molar-refractivity contribution in [1.29, 1.82) is 0 Å². The summed E-state index contributed by atoms with van der Waals surface area (Å²) in [6, 6.07) is 8.10. The summed E-state index contributed by atoms with van der Waals surface area (Å²) in [5.41, 5.74) is 2.29. The van der Waals surface area contributed by atoms with Crippen molar-refractivity contribution >= 4 is 11.6 Å². The Hall–Kier alpha value is -1.51. The molecule has 0 saturated carbocycles. The van der Waals surface area contributed by atoms with Gasteiger partial charge in [0.05, 0.1) is 6.54 Å². The van der Waals surface area contributed by atoms with E-state index < -0.39 is 0 Å². The standard InChI is InChI=1S/C13H20N2O/c1-4-14-13(16)9-15-12-8-6-5-7-11(12)10(2)3/h5-8,10,15H,4,9H2,1-3H3,(H,14,16). The molecule has 0 aromatic heterocycles. The second kappa shape index (κ2) is 6.16. The van der Waals surface area contributed by atoms with Crippen LogP contribution in [0.25, 0.3) is 0 Å². The topological polar surface area (TPSA) is 41.1 Å². The lowest BCUT2D eigenvalue weighted by Crippen LogP contribution is -2.29. The van der Waals surface area contributed by atoms with Crippen molar-refractivity contribution < 1.29 is 4.79 Å². The molecule has 0 atom stereocenters. The number of likely N-dealkylation sites (N-methyl/N-ethyl adjacent to an activating group) is 1. The highest BCUT2D eigenvalue weighted by Crippen LogP contribution is 2.23. The van der Waals surface area contributed by atoms with Crippen molar-refractivity contribution in [3.05, 3.63) is 29.8 Å². The summed E-state index contributed by atoms with van der Waals surface area (Å²) in [6.07, 6.45) is 0. The van der Waals surface area contributed by atoms with E-state index in [0.29, 0.717) is 19.0 Å². The fraction of sp³-hybridized carbons (Fsp3) is 0.462. The Balaban J connectivity index is 2.63. The molecule has 0 radical (unpaired) electrons. The summed E-state index contributed by atoms with van der Waals surface area (Å²) >= 11 is 0. The van der Waals surface area contributed by atoms with Gasteiger partial charge in [-0.25, -0.2) is 0 Å². The molecule has 1 rings (SSSR count). The quantitative estimate of drug-likeness (QED) is 0.799. The van der Waals surface area contributed by atoms with E-state index in [1.54, 1.807) is 0 Å². The molecule has 0 aliphatic rings. The van der Waals surface area contributed by atoms with Gasteiger partial charge >= 0.3 is 0 Å². The van der Waals surface area contributed by atoms with Gasteiger partial charge in [-0.3, -0.25) is 4.79 Å². The molecule has 0 saturated heterocycles. The van der Waals surface area contributed by atoms with E-state index in [4.69, 9.17) is 0 Å². The van der Waals surface area contributed by atoms with E-state index in [0.717, 1.165) is 5.69 Å². The average molecular weight is 220 g/mol. The largest absolute Gasteiger partial charge is 0.376 e. The van der Waals surface area contributed by atoms with E-state index >= 15 is 0 Å². The molecule has 0 spiro atoms. The molecule has 1 aromatic rings. The Kier molecular flexibility index (Phi) is 4.83. The van der Waals surface area contributed by atoms with Crippen LogP contribution in [0.4, 0.5) is 5.69 Å². The maximum atomic E-state index is 11.3. The van der Waals surface area contributed by atoms with Crippen LogP contribution in [-0.4, -0.2) is 19.0 Å². The van der Waals surface area contributed by atoms with Crippen molar-refractivity contribution in [3.63, 3.8) is 0 Å². The number of rotatable bonds is 5. The third-order valence-electron chi connectivity index (χ3n) is 2.40. The second-order valence-electron chi connectivity index (χ2n) is 4.05. The van der Waals surface area contributed by atoms with Gasteiger partial charge < -0.3 is 10.6 Å². The number of hydrogen-bond acceptors (Lipinski definition) is 2. The third-order valence-corrected chi connectivity index (χ3v) is 2.40. The van der Waals surface area contributed by atoms with E-state index in [1.807, 2.05) is 25.1 Å². The van der Waals surface area contributed by atoms with Gasteiger partial charge in [0.25, 0.3) is 0 Å². The maximum Gasteiger partial charge on any atom is 0.239 e. The average Bonchev–Trinajstić information content (AvgIpc) is 2.27. The molecule has 3 nitrogen and oxygen atoms in total. The van der Waals surface area contributed by atoms with Gasteiger partial charge in [-0.15, -0.1) is 0 Å². The first-order valence-electron chi connectivity index (χ1n) is 5.74. The fourth-order valence-electron chi connectivity index (χ4n) is 1.60. The van der Waals surface area contributed by atoms with Crippen LogP contribution in [-0.2, 0) is 4.79 Å². The molecule has 0 unspecified atom stereocenters. The number of hydrogen-bond donors (Lipinski definition) is 2. The number of anilines is 1. The zero-order chi connectivity index (χ0) is 12.0. The third kappa shape index (κ3) is 3.57. The van der Waals surface area contributed by atoms with Gasteiger partial charge in [0.15, 0.2) is 0 Å². The summed E-state index contributed by atoms with van der Waals surface area (Å²) in [6.45, 7) is 7.21. The molecule has 0 aliphatic carbocycles. The molecule has 3 heteroatoms. The number of carbonyl (C=O) groups is 1. The Morgan fingerprint density at radius 2 is 2.00 bits per heavy atom. The van der Waals surface area contributed by atoms with Crippen molar-refractivity contribution in [3.8, 4) is 0 Å². The van der Waals surface area contributed by atoms with E-state index in [-0.39, 0.29) is 5.91 Å². The zero-order valence-electron chi connectivity index (χ0n) is 10.2. The van der Waals surface area contributed by atoms with Gasteiger partial charge in [0, 0.05) is 12.2 Å². The highest BCUT2D eigenvalue weighted by atomic mass is 16.1. The SMILES string of the molecule is CCNC(=O)CNc1ccccc1C(C)C. The number of benzene rings is 1. The number of para-hydroxylation sites is 1. The minimum Gasteiger partial charge on any atom is -0.376 e. The Bertz CT molecular complexity index is 348. The molecule has 0 aliphatic heterocycles. The van der Waals surface area contributed by atoms with Gasteiger partial charge in [-0.1, -0.05) is 32.0 Å². The van der Waals surface area contributed by atoms with E-state index in [9.17, 15) is 4.79 Å². The molecule has 1 aromatic carbocycles. The van der Waals surface area contributed by atoms with E-state index in [1.165, 1.54) is 5.56 Å². The van der Waals surface area contributed by atoms with Gasteiger partial charge in [-0.05, 0) is 24.5 Å². The highest BCUT2D eigenvalue weighted by molar-refractivity contribution is 5.80. The Morgan fingerprint density at radius 3 is 2.62 bits per heavy atom. The van der Waals surface area contributed by atoms with Crippen LogP contribution in [0, 0.1) is 0 Å². The molecular weight excluding hydrogens is 200 g/mol. The lowest BCUT2D eigenvalue weighted by atomic mass is 10.0. The first-order chi connectivity index (χ1) is 7.65. The summed E-state index contributed by atoms with van der Waals surface area (Å²) < 4.78 is 0. The highest BCUT2D eigenvalue weighted by Gasteiger charge is 2.06. The fourth-order valence-corrected chi connectivity index (χ4v) is 1.60. The number of nitrogens with one attached hydrogen (secondary N) is 2. The van der Waals surface area contributed by atoms with Crippen LogP contribution in [0.15, 0.2) is 24.3 Å². The molecule has 0 heterocycles. The minimum atomic E-state index is 0.0288. The van der Waals surface area contributed by atoms with Crippen LogP contribution in [0.1, 0.15) is 32.3 Å². The van der Waals surface area contributed by atoms with Crippen LogP contribution in [0.5, 0.6) is 0 Å². The lowest BCUT2D eigenvalue weighted by Gasteiger charge is -2.14. The van der Waals surface area contributed by atoms with Gasteiger partial charge in [0.1, 0.15) is 0 Å².